The first-order valence-electron chi connectivity index (χ1n) is 8.46. The van der Waals surface area contributed by atoms with E-state index in [4.69, 9.17) is 4.74 Å². The SMILES string of the molecule is COc1ccc(NC(=O)Cn2cnc3c(nnn3-c3ccccc3)c2=O)cc1. The van der Waals surface area contributed by atoms with E-state index >= 15 is 0 Å². The van der Waals surface area contributed by atoms with Crippen LogP contribution in [0.15, 0.2) is 65.7 Å². The summed E-state index contributed by atoms with van der Waals surface area (Å²) in [7, 11) is 1.57. The average molecular weight is 376 g/mol. The molecule has 140 valence electrons. The van der Waals surface area contributed by atoms with E-state index in [9.17, 15) is 9.59 Å². The lowest BCUT2D eigenvalue weighted by Gasteiger charge is -2.08. The molecule has 0 saturated carbocycles. The first kappa shape index (κ1) is 17.4. The number of fused-ring (bicyclic) bond motifs is 1. The maximum Gasteiger partial charge on any atom is 0.284 e. The van der Waals surface area contributed by atoms with Crippen molar-refractivity contribution >= 4 is 22.8 Å². The van der Waals surface area contributed by atoms with E-state index in [0.717, 1.165) is 5.69 Å². The summed E-state index contributed by atoms with van der Waals surface area (Å²) < 4.78 is 7.76. The smallest absolute Gasteiger partial charge is 0.284 e. The number of methoxy groups -OCH3 is 1. The van der Waals surface area contributed by atoms with Crippen LogP contribution in [0.4, 0.5) is 5.69 Å². The molecule has 0 spiro atoms. The summed E-state index contributed by atoms with van der Waals surface area (Å²) in [5.41, 5.74) is 1.35. The average Bonchev–Trinajstić information content (AvgIpc) is 3.16. The van der Waals surface area contributed by atoms with E-state index in [2.05, 4.69) is 20.6 Å². The monoisotopic (exact) mass is 376 g/mol. The third-order valence-corrected chi connectivity index (χ3v) is 4.12. The van der Waals surface area contributed by atoms with Gasteiger partial charge >= 0.3 is 0 Å². The number of carbonyl (C=O) groups is 1. The molecule has 0 bridgehead atoms. The number of benzene rings is 2. The predicted octanol–water partition coefficient (Wildman–Crippen LogP) is 1.62. The number of carbonyl (C=O) groups excluding carboxylic acids is 1. The van der Waals surface area contributed by atoms with Crippen molar-refractivity contribution in [3.63, 3.8) is 0 Å². The van der Waals surface area contributed by atoms with Crippen molar-refractivity contribution in [2.75, 3.05) is 12.4 Å². The van der Waals surface area contributed by atoms with Crippen LogP contribution in [0.25, 0.3) is 16.9 Å². The molecule has 9 heteroatoms. The second kappa shape index (κ2) is 7.31. The van der Waals surface area contributed by atoms with Crippen molar-refractivity contribution in [1.29, 1.82) is 0 Å². The van der Waals surface area contributed by atoms with Crippen LogP contribution < -0.4 is 15.6 Å². The summed E-state index contributed by atoms with van der Waals surface area (Å²) in [5, 5.41) is 10.7. The van der Waals surface area contributed by atoms with Crippen LogP contribution >= 0.6 is 0 Å². The normalized spacial score (nSPS) is 10.8. The summed E-state index contributed by atoms with van der Waals surface area (Å²) in [6.45, 7) is -0.188. The quantitative estimate of drug-likeness (QED) is 0.568. The third-order valence-electron chi connectivity index (χ3n) is 4.12. The lowest BCUT2D eigenvalue weighted by atomic mass is 10.3. The van der Waals surface area contributed by atoms with Gasteiger partial charge < -0.3 is 10.1 Å². The van der Waals surface area contributed by atoms with Crippen molar-refractivity contribution in [2.45, 2.75) is 6.54 Å². The lowest BCUT2D eigenvalue weighted by Crippen LogP contribution is -2.28. The van der Waals surface area contributed by atoms with E-state index in [0.29, 0.717) is 17.1 Å². The molecule has 0 saturated heterocycles. The number of anilines is 1. The molecule has 1 amide bonds. The van der Waals surface area contributed by atoms with Gasteiger partial charge in [0.15, 0.2) is 11.2 Å². The zero-order valence-electron chi connectivity index (χ0n) is 14.9. The fourth-order valence-corrected chi connectivity index (χ4v) is 2.73. The predicted molar refractivity (Wildman–Crippen MR) is 103 cm³/mol. The summed E-state index contributed by atoms with van der Waals surface area (Å²) >= 11 is 0. The Morgan fingerprint density at radius 1 is 1.11 bits per heavy atom. The minimum absolute atomic E-state index is 0.101. The molecule has 0 atom stereocenters. The van der Waals surface area contributed by atoms with Gasteiger partial charge in [0.25, 0.3) is 5.56 Å². The largest absolute Gasteiger partial charge is 0.497 e. The summed E-state index contributed by atoms with van der Waals surface area (Å²) in [6.07, 6.45) is 1.32. The van der Waals surface area contributed by atoms with Crippen molar-refractivity contribution in [3.8, 4) is 11.4 Å². The second-order valence-electron chi connectivity index (χ2n) is 5.96. The molecule has 4 rings (SSSR count). The maximum absolute atomic E-state index is 12.7. The van der Waals surface area contributed by atoms with E-state index in [1.165, 1.54) is 15.6 Å². The zero-order chi connectivity index (χ0) is 19.5. The van der Waals surface area contributed by atoms with Gasteiger partial charge in [-0.2, -0.15) is 4.68 Å². The molecular formula is C19H16N6O3. The number of hydrogen-bond donors (Lipinski definition) is 1. The highest BCUT2D eigenvalue weighted by Crippen LogP contribution is 2.15. The molecule has 4 aromatic rings. The van der Waals surface area contributed by atoms with Gasteiger partial charge in [-0.3, -0.25) is 14.2 Å². The molecule has 0 radical (unpaired) electrons. The summed E-state index contributed by atoms with van der Waals surface area (Å²) in [5.74, 6) is 0.328. The van der Waals surface area contributed by atoms with Gasteiger partial charge in [0.1, 0.15) is 18.6 Å². The molecule has 9 nitrogen and oxygen atoms in total. The Balaban J connectivity index is 1.56. The van der Waals surface area contributed by atoms with Gasteiger partial charge in [-0.05, 0) is 36.4 Å². The maximum atomic E-state index is 12.7. The van der Waals surface area contributed by atoms with Crippen molar-refractivity contribution in [1.82, 2.24) is 24.5 Å². The van der Waals surface area contributed by atoms with Crippen LogP contribution in [0.1, 0.15) is 0 Å². The van der Waals surface area contributed by atoms with Crippen LogP contribution in [0.2, 0.25) is 0 Å². The van der Waals surface area contributed by atoms with Crippen LogP contribution in [-0.4, -0.2) is 37.6 Å². The van der Waals surface area contributed by atoms with Crippen LogP contribution in [0.5, 0.6) is 5.75 Å². The number of para-hydroxylation sites is 1. The van der Waals surface area contributed by atoms with Gasteiger partial charge in [-0.1, -0.05) is 23.4 Å². The van der Waals surface area contributed by atoms with Gasteiger partial charge in [-0.25, -0.2) is 4.98 Å². The first-order valence-corrected chi connectivity index (χ1v) is 8.46. The number of nitrogens with zero attached hydrogens (tertiary/aromatic N) is 5. The number of ether oxygens (including phenoxy) is 1. The molecule has 1 N–H and O–H groups in total. The molecule has 0 aliphatic heterocycles. The highest BCUT2D eigenvalue weighted by Gasteiger charge is 2.14. The van der Waals surface area contributed by atoms with Crippen molar-refractivity contribution in [2.24, 2.45) is 0 Å². The molecule has 2 heterocycles. The Bertz CT molecular complexity index is 1180. The fourth-order valence-electron chi connectivity index (χ4n) is 2.73. The molecule has 2 aromatic heterocycles. The topological polar surface area (TPSA) is 104 Å². The Kier molecular flexibility index (Phi) is 4.55. The van der Waals surface area contributed by atoms with Crippen molar-refractivity contribution < 1.29 is 9.53 Å². The van der Waals surface area contributed by atoms with E-state index in [1.807, 2.05) is 30.3 Å². The minimum Gasteiger partial charge on any atom is -0.497 e. The van der Waals surface area contributed by atoms with Gasteiger partial charge in [-0.15, -0.1) is 5.10 Å². The second-order valence-corrected chi connectivity index (χ2v) is 5.96. The van der Waals surface area contributed by atoms with Gasteiger partial charge in [0.2, 0.25) is 5.91 Å². The van der Waals surface area contributed by atoms with Gasteiger partial charge in [0, 0.05) is 5.69 Å². The summed E-state index contributed by atoms with van der Waals surface area (Å²) in [4.78, 5) is 29.2. The number of aromatic nitrogens is 5. The molecular weight excluding hydrogens is 360 g/mol. The van der Waals surface area contributed by atoms with E-state index < -0.39 is 5.56 Å². The fraction of sp³-hybridized carbons (Fsp3) is 0.105. The number of rotatable bonds is 5. The standard InChI is InChI=1S/C19H16N6O3/c1-28-15-9-7-13(8-10-15)21-16(26)11-24-12-20-18-17(19(24)27)22-23-25(18)14-5-3-2-4-6-14/h2-10,12H,11H2,1H3,(H,21,26). The molecule has 28 heavy (non-hydrogen) atoms. The molecule has 0 unspecified atom stereocenters. The third kappa shape index (κ3) is 3.32. The van der Waals surface area contributed by atoms with Crippen LogP contribution in [-0.2, 0) is 11.3 Å². The lowest BCUT2D eigenvalue weighted by molar-refractivity contribution is -0.116. The Morgan fingerprint density at radius 3 is 2.57 bits per heavy atom. The van der Waals surface area contributed by atoms with Crippen LogP contribution in [0.3, 0.4) is 0 Å². The molecule has 0 aliphatic carbocycles. The van der Waals surface area contributed by atoms with Crippen LogP contribution in [0, 0.1) is 0 Å². The van der Waals surface area contributed by atoms with Gasteiger partial charge in [0.05, 0.1) is 12.8 Å². The Hall–Kier alpha value is -4.01. The highest BCUT2D eigenvalue weighted by molar-refractivity contribution is 5.90. The highest BCUT2D eigenvalue weighted by atomic mass is 16.5. The number of hydrogen-bond acceptors (Lipinski definition) is 6. The number of nitrogens with one attached hydrogen (secondary N) is 1. The first-order chi connectivity index (χ1) is 13.7. The molecule has 2 aromatic carbocycles. The van der Waals surface area contributed by atoms with E-state index in [1.54, 1.807) is 31.4 Å². The summed E-state index contributed by atoms with van der Waals surface area (Å²) in [6, 6.07) is 16.2. The zero-order valence-corrected chi connectivity index (χ0v) is 14.9. The molecule has 0 fully saturated rings. The Morgan fingerprint density at radius 2 is 1.86 bits per heavy atom. The van der Waals surface area contributed by atoms with E-state index in [-0.39, 0.29) is 18.0 Å². The molecule has 0 aliphatic rings. The Labute approximate surface area is 159 Å². The number of amides is 1. The van der Waals surface area contributed by atoms with Crippen molar-refractivity contribution in [3.05, 3.63) is 71.3 Å². The minimum atomic E-state index is -0.433.